The van der Waals surface area contributed by atoms with Gasteiger partial charge in [0, 0.05) is 42.5 Å². The van der Waals surface area contributed by atoms with E-state index in [0.717, 1.165) is 48.7 Å². The maximum Gasteiger partial charge on any atom is 0.325 e. The van der Waals surface area contributed by atoms with Gasteiger partial charge in [0.1, 0.15) is 6.04 Å². The van der Waals surface area contributed by atoms with Gasteiger partial charge in [-0.2, -0.15) is 0 Å². The van der Waals surface area contributed by atoms with E-state index in [1.807, 2.05) is 72.3 Å². The second kappa shape index (κ2) is 14.1. The number of aromatic amines is 1. The van der Waals surface area contributed by atoms with Crippen LogP contribution in [0.15, 0.2) is 54.6 Å². The van der Waals surface area contributed by atoms with Gasteiger partial charge in [0.25, 0.3) is 0 Å². The average Bonchev–Trinajstić information content (AvgIpc) is 3.33. The molecule has 3 aromatic rings. The van der Waals surface area contributed by atoms with E-state index in [9.17, 15) is 19.5 Å². The summed E-state index contributed by atoms with van der Waals surface area (Å²) in [6.07, 6.45) is 4.79. The van der Waals surface area contributed by atoms with Gasteiger partial charge in [-0.15, -0.1) is 0 Å². The first-order valence-electron chi connectivity index (χ1n) is 14.2. The number of benzene rings is 2. The Morgan fingerprint density at radius 2 is 1.75 bits per heavy atom. The molecule has 40 heavy (non-hydrogen) atoms. The summed E-state index contributed by atoms with van der Waals surface area (Å²) in [6.45, 7) is 3.22. The maximum absolute atomic E-state index is 13.5. The Kier molecular flexibility index (Phi) is 10.3. The summed E-state index contributed by atoms with van der Waals surface area (Å²) in [7, 11) is 1.81. The van der Waals surface area contributed by atoms with Crippen molar-refractivity contribution >= 4 is 28.7 Å². The third-order valence-electron chi connectivity index (χ3n) is 7.60. The molecule has 1 unspecified atom stereocenters. The van der Waals surface area contributed by atoms with Crippen LogP contribution in [0.1, 0.15) is 74.4 Å². The second-order valence-electron chi connectivity index (χ2n) is 10.4. The molecule has 0 bridgehead atoms. The lowest BCUT2D eigenvalue weighted by atomic mass is 9.95. The lowest BCUT2D eigenvalue weighted by molar-refractivity contribution is -0.143. The van der Waals surface area contributed by atoms with Crippen LogP contribution in [0.4, 0.5) is 0 Å². The summed E-state index contributed by atoms with van der Waals surface area (Å²) in [5.41, 5.74) is 6.33. The fourth-order valence-electron chi connectivity index (χ4n) is 5.67. The van der Waals surface area contributed by atoms with Crippen LogP contribution < -0.4 is 5.48 Å². The van der Waals surface area contributed by atoms with E-state index in [-0.39, 0.29) is 17.9 Å². The molecule has 0 saturated heterocycles. The van der Waals surface area contributed by atoms with Crippen molar-refractivity contribution in [2.45, 2.75) is 64.0 Å². The standard InChI is InChI=1S/C31H40N4O5/c1-3-40-33-27(36)17-9-4-5-10-18-28(37)35-20-19-24-23-15-11-12-16-25(23)32-29(24)26(35)21-34(2)30(31(38)39)22-13-7-6-8-14-22/h6-8,11-16,26,30,32H,3-5,9-10,17-21H2,1-2H3,(H,33,36)(H,38,39)/t26?,30-/m0/s1. The van der Waals surface area contributed by atoms with Gasteiger partial charge in [0.2, 0.25) is 11.8 Å². The minimum atomic E-state index is -0.922. The highest BCUT2D eigenvalue weighted by Crippen LogP contribution is 2.36. The first kappa shape index (κ1) is 29.3. The smallest absolute Gasteiger partial charge is 0.325 e. The number of hydrogen-bond acceptors (Lipinski definition) is 5. The Hall–Kier alpha value is -3.69. The molecule has 2 atom stereocenters. The van der Waals surface area contributed by atoms with Gasteiger partial charge < -0.3 is 15.0 Å². The van der Waals surface area contributed by atoms with Crippen molar-refractivity contribution in [1.29, 1.82) is 0 Å². The zero-order valence-corrected chi connectivity index (χ0v) is 23.4. The molecule has 0 saturated carbocycles. The Labute approximate surface area is 235 Å². The number of fused-ring (bicyclic) bond motifs is 3. The summed E-state index contributed by atoms with van der Waals surface area (Å²) in [6, 6.07) is 16.2. The number of amides is 2. The van der Waals surface area contributed by atoms with E-state index in [2.05, 4.69) is 16.5 Å². The Bertz CT molecular complexity index is 1290. The number of H-pyrrole nitrogens is 1. The predicted octanol–water partition coefficient (Wildman–Crippen LogP) is 4.76. The van der Waals surface area contributed by atoms with Gasteiger partial charge in [-0.05, 0) is 50.4 Å². The van der Waals surface area contributed by atoms with Crippen molar-refractivity contribution in [2.24, 2.45) is 0 Å². The van der Waals surface area contributed by atoms with E-state index in [0.29, 0.717) is 38.1 Å². The highest BCUT2D eigenvalue weighted by molar-refractivity contribution is 5.86. The Balaban J connectivity index is 1.46. The number of carboxylic acid groups (broad SMARTS) is 1. The molecule has 1 aliphatic heterocycles. The predicted molar refractivity (Wildman–Crippen MR) is 153 cm³/mol. The van der Waals surface area contributed by atoms with Crippen LogP contribution >= 0.6 is 0 Å². The average molecular weight is 549 g/mol. The van der Waals surface area contributed by atoms with Gasteiger partial charge in [0.05, 0.1) is 12.6 Å². The van der Waals surface area contributed by atoms with E-state index in [1.165, 1.54) is 5.56 Å². The molecular formula is C31H40N4O5. The van der Waals surface area contributed by atoms with Gasteiger partial charge in [-0.3, -0.25) is 24.1 Å². The number of carboxylic acids is 1. The summed E-state index contributed by atoms with van der Waals surface area (Å²) < 4.78 is 0. The van der Waals surface area contributed by atoms with Gasteiger partial charge in [-0.1, -0.05) is 61.4 Å². The molecule has 214 valence electrons. The SMILES string of the molecule is CCONC(=O)CCCCCCC(=O)N1CCc2c([nH]c3ccccc23)C1CN(C)[C@H](C(=O)O)c1ccccc1. The van der Waals surface area contributed by atoms with E-state index in [1.54, 1.807) is 0 Å². The number of nitrogens with zero attached hydrogens (tertiary/aromatic N) is 2. The molecule has 1 aliphatic rings. The number of rotatable bonds is 14. The first-order chi connectivity index (χ1) is 19.4. The van der Waals surface area contributed by atoms with Crippen molar-refractivity contribution in [2.75, 3.05) is 26.7 Å². The van der Waals surface area contributed by atoms with Crippen LogP contribution in [-0.2, 0) is 25.6 Å². The largest absolute Gasteiger partial charge is 0.480 e. The summed E-state index contributed by atoms with van der Waals surface area (Å²) >= 11 is 0. The van der Waals surface area contributed by atoms with E-state index < -0.39 is 12.0 Å². The van der Waals surface area contributed by atoms with Crippen LogP contribution in [0, 0.1) is 0 Å². The van der Waals surface area contributed by atoms with Crippen LogP contribution in [0.3, 0.4) is 0 Å². The maximum atomic E-state index is 13.5. The van der Waals surface area contributed by atoms with Crippen LogP contribution in [0.25, 0.3) is 10.9 Å². The minimum Gasteiger partial charge on any atom is -0.480 e. The lowest BCUT2D eigenvalue weighted by Gasteiger charge is -2.39. The molecule has 2 heterocycles. The zero-order valence-electron chi connectivity index (χ0n) is 23.4. The Morgan fingerprint density at radius 3 is 2.48 bits per heavy atom. The van der Waals surface area contributed by atoms with Gasteiger partial charge >= 0.3 is 5.97 Å². The molecule has 9 heteroatoms. The topological polar surface area (TPSA) is 115 Å². The van der Waals surface area contributed by atoms with Gasteiger partial charge in [0.15, 0.2) is 0 Å². The minimum absolute atomic E-state index is 0.0726. The lowest BCUT2D eigenvalue weighted by Crippen LogP contribution is -2.46. The number of likely N-dealkylation sites (N-methyl/N-ethyl adjacent to an activating group) is 1. The summed E-state index contributed by atoms with van der Waals surface area (Å²) in [5, 5.41) is 11.3. The molecule has 0 fully saturated rings. The zero-order chi connectivity index (χ0) is 28.5. The van der Waals surface area contributed by atoms with Crippen LogP contribution in [0.2, 0.25) is 0 Å². The molecule has 0 aliphatic carbocycles. The second-order valence-corrected chi connectivity index (χ2v) is 10.4. The molecule has 0 radical (unpaired) electrons. The summed E-state index contributed by atoms with van der Waals surface area (Å²) in [5.74, 6) is -0.972. The number of aliphatic carboxylic acids is 1. The molecule has 9 nitrogen and oxygen atoms in total. The number of carbonyl (C=O) groups is 3. The monoisotopic (exact) mass is 548 g/mol. The van der Waals surface area contributed by atoms with Crippen molar-refractivity contribution < 1.29 is 24.3 Å². The number of hydroxylamine groups is 1. The third-order valence-corrected chi connectivity index (χ3v) is 7.60. The normalized spacial score (nSPS) is 15.7. The van der Waals surface area contributed by atoms with Crippen molar-refractivity contribution in [1.82, 2.24) is 20.3 Å². The first-order valence-corrected chi connectivity index (χ1v) is 14.2. The van der Waals surface area contributed by atoms with Crippen molar-refractivity contribution in [3.8, 4) is 0 Å². The van der Waals surface area contributed by atoms with Crippen LogP contribution in [-0.4, -0.2) is 64.4 Å². The number of nitrogens with one attached hydrogen (secondary N) is 2. The number of para-hydroxylation sites is 1. The highest BCUT2D eigenvalue weighted by atomic mass is 16.6. The fourth-order valence-corrected chi connectivity index (χ4v) is 5.67. The molecular weight excluding hydrogens is 508 g/mol. The molecule has 1 aromatic heterocycles. The van der Waals surface area contributed by atoms with Crippen LogP contribution in [0.5, 0.6) is 0 Å². The molecule has 4 rings (SSSR count). The quantitative estimate of drug-likeness (QED) is 0.198. The third kappa shape index (κ3) is 7.08. The Morgan fingerprint density at radius 1 is 1.05 bits per heavy atom. The number of hydrogen-bond donors (Lipinski definition) is 3. The van der Waals surface area contributed by atoms with Crippen molar-refractivity contribution in [3.05, 3.63) is 71.4 Å². The van der Waals surface area contributed by atoms with Crippen molar-refractivity contribution in [3.63, 3.8) is 0 Å². The molecule has 2 amide bonds. The number of aromatic nitrogens is 1. The van der Waals surface area contributed by atoms with Gasteiger partial charge in [-0.25, -0.2) is 5.48 Å². The molecule has 3 N–H and O–H groups in total. The fraction of sp³-hybridized carbons (Fsp3) is 0.452. The number of carbonyl (C=O) groups excluding carboxylic acids is 2. The number of unbranched alkanes of at least 4 members (excludes halogenated alkanes) is 3. The molecule has 2 aromatic carbocycles. The van der Waals surface area contributed by atoms with E-state index >= 15 is 0 Å². The molecule has 0 spiro atoms. The summed E-state index contributed by atoms with van der Waals surface area (Å²) in [4.78, 5) is 49.8. The van der Waals surface area contributed by atoms with E-state index in [4.69, 9.17) is 4.84 Å². The highest BCUT2D eigenvalue weighted by Gasteiger charge is 2.36.